The fourth-order valence-corrected chi connectivity index (χ4v) is 2.83. The topological polar surface area (TPSA) is 41.6 Å². The fourth-order valence-electron chi connectivity index (χ4n) is 2.83. The largest absolute Gasteiger partial charge is 0.496 e. The van der Waals surface area contributed by atoms with Gasteiger partial charge in [-0.2, -0.15) is 0 Å². The molecule has 1 aromatic rings. The monoisotopic (exact) mass is 312 g/mol. The summed E-state index contributed by atoms with van der Waals surface area (Å²) in [4.78, 5) is 13.8. The molecule has 0 spiro atoms. The quantitative estimate of drug-likeness (QED) is 0.905. The van der Waals surface area contributed by atoms with Gasteiger partial charge >= 0.3 is 0 Å². The second-order valence-corrected chi connectivity index (χ2v) is 5.37. The Morgan fingerprint density at radius 1 is 1.33 bits per heavy atom. The highest BCUT2D eigenvalue weighted by Gasteiger charge is 2.23. The van der Waals surface area contributed by atoms with Crippen LogP contribution < -0.4 is 10.1 Å². The van der Waals surface area contributed by atoms with Gasteiger partial charge in [-0.05, 0) is 43.9 Å². The fraction of sp³-hybridized carbons (Fsp3) is 0.562. The van der Waals surface area contributed by atoms with Crippen molar-refractivity contribution in [1.29, 1.82) is 0 Å². The first-order chi connectivity index (χ1) is 9.74. The van der Waals surface area contributed by atoms with Gasteiger partial charge in [0.15, 0.2) is 0 Å². The van der Waals surface area contributed by atoms with Crippen LogP contribution in [-0.2, 0) is 11.2 Å². The van der Waals surface area contributed by atoms with Gasteiger partial charge in [0.2, 0.25) is 5.91 Å². The van der Waals surface area contributed by atoms with E-state index in [1.807, 2.05) is 24.1 Å². The molecule has 1 aliphatic rings. The Balaban J connectivity index is 0.00000220. The lowest BCUT2D eigenvalue weighted by Crippen LogP contribution is -2.42. The van der Waals surface area contributed by atoms with Gasteiger partial charge in [0, 0.05) is 13.1 Å². The van der Waals surface area contributed by atoms with Crippen LogP contribution in [0.15, 0.2) is 24.3 Å². The zero-order valence-electron chi connectivity index (χ0n) is 12.8. The van der Waals surface area contributed by atoms with E-state index in [1.165, 1.54) is 5.56 Å². The summed E-state index contributed by atoms with van der Waals surface area (Å²) in [5.74, 6) is 1.83. The van der Waals surface area contributed by atoms with E-state index >= 15 is 0 Å². The number of ether oxygens (including phenoxy) is 1. The summed E-state index contributed by atoms with van der Waals surface area (Å²) in [6.07, 6.45) is 3.19. The number of rotatable bonds is 5. The Hall–Kier alpha value is -1.26. The van der Waals surface area contributed by atoms with E-state index in [-0.39, 0.29) is 18.3 Å². The molecule has 0 unspecified atom stereocenters. The van der Waals surface area contributed by atoms with E-state index < -0.39 is 0 Å². The molecule has 0 radical (unpaired) electrons. The van der Waals surface area contributed by atoms with Crippen LogP contribution in [0.25, 0.3) is 0 Å². The average molecular weight is 313 g/mol. The highest BCUT2D eigenvalue weighted by Crippen LogP contribution is 2.26. The third kappa shape index (κ3) is 4.90. The van der Waals surface area contributed by atoms with E-state index in [2.05, 4.69) is 17.4 Å². The van der Waals surface area contributed by atoms with Gasteiger partial charge in [0.25, 0.3) is 0 Å². The molecule has 2 rings (SSSR count). The number of para-hydroxylation sites is 1. The Labute approximate surface area is 133 Å². The van der Waals surface area contributed by atoms with Gasteiger partial charge in [-0.1, -0.05) is 18.2 Å². The zero-order valence-corrected chi connectivity index (χ0v) is 13.6. The summed E-state index contributed by atoms with van der Waals surface area (Å²) in [6.45, 7) is 2.19. The molecule has 1 aromatic carbocycles. The van der Waals surface area contributed by atoms with Crippen LogP contribution in [0.1, 0.15) is 18.4 Å². The molecule has 0 aliphatic carbocycles. The van der Waals surface area contributed by atoms with Crippen molar-refractivity contribution >= 4 is 18.3 Å². The van der Waals surface area contributed by atoms with Gasteiger partial charge in [-0.3, -0.25) is 4.79 Å². The molecular formula is C16H25ClN2O2. The molecular weight excluding hydrogens is 288 g/mol. The smallest absolute Gasteiger partial charge is 0.236 e. The molecule has 21 heavy (non-hydrogen) atoms. The molecule has 4 nitrogen and oxygen atoms in total. The summed E-state index contributed by atoms with van der Waals surface area (Å²) in [5, 5.41) is 2.92. The number of amides is 1. The lowest BCUT2D eigenvalue weighted by atomic mass is 9.90. The van der Waals surface area contributed by atoms with Gasteiger partial charge in [0.05, 0.1) is 13.7 Å². The Bertz CT molecular complexity index is 446. The van der Waals surface area contributed by atoms with Gasteiger partial charge in [-0.25, -0.2) is 0 Å². The number of nitrogens with zero attached hydrogens (tertiary/aromatic N) is 1. The van der Waals surface area contributed by atoms with Gasteiger partial charge in [0.1, 0.15) is 5.75 Å². The molecule has 5 heteroatoms. The number of likely N-dealkylation sites (N-methyl/N-ethyl adjacent to an activating group) is 1. The summed E-state index contributed by atoms with van der Waals surface area (Å²) < 4.78 is 5.41. The number of benzene rings is 1. The lowest BCUT2D eigenvalue weighted by Gasteiger charge is -2.32. The molecule has 1 aliphatic heterocycles. The number of hydrogen-bond donors (Lipinski definition) is 1. The maximum Gasteiger partial charge on any atom is 0.236 e. The normalized spacial score (nSPS) is 15.4. The van der Waals surface area contributed by atoms with Gasteiger partial charge < -0.3 is 15.0 Å². The molecule has 1 amide bonds. The zero-order chi connectivity index (χ0) is 14.4. The number of carbonyl (C=O) groups excluding carboxylic acids is 1. The summed E-state index contributed by atoms with van der Waals surface area (Å²) in [6, 6.07) is 8.21. The van der Waals surface area contributed by atoms with E-state index in [4.69, 9.17) is 4.74 Å². The first kappa shape index (κ1) is 17.8. The highest BCUT2D eigenvalue weighted by atomic mass is 35.5. The predicted molar refractivity (Wildman–Crippen MR) is 87.2 cm³/mol. The molecule has 1 heterocycles. The Morgan fingerprint density at radius 2 is 2.00 bits per heavy atom. The Kier molecular flexibility index (Phi) is 7.54. The van der Waals surface area contributed by atoms with Crippen molar-refractivity contribution in [2.75, 3.05) is 33.8 Å². The van der Waals surface area contributed by atoms with Crippen LogP contribution in [-0.4, -0.2) is 44.6 Å². The number of halogens is 1. The van der Waals surface area contributed by atoms with Crippen molar-refractivity contribution in [2.24, 2.45) is 5.92 Å². The number of carbonyl (C=O) groups is 1. The molecule has 1 N–H and O–H groups in total. The van der Waals surface area contributed by atoms with E-state index in [0.717, 1.165) is 38.1 Å². The van der Waals surface area contributed by atoms with Gasteiger partial charge in [-0.15, -0.1) is 12.4 Å². The van der Waals surface area contributed by atoms with E-state index in [0.29, 0.717) is 12.5 Å². The third-order valence-electron chi connectivity index (χ3n) is 4.00. The molecule has 0 atom stereocenters. The maximum absolute atomic E-state index is 11.8. The molecule has 0 saturated carbocycles. The molecule has 1 saturated heterocycles. The molecule has 0 aromatic heterocycles. The minimum absolute atomic E-state index is 0. The van der Waals surface area contributed by atoms with E-state index in [1.54, 1.807) is 7.11 Å². The highest BCUT2D eigenvalue weighted by molar-refractivity contribution is 5.85. The third-order valence-corrected chi connectivity index (χ3v) is 4.00. The van der Waals surface area contributed by atoms with E-state index in [9.17, 15) is 4.79 Å². The van der Waals surface area contributed by atoms with Crippen LogP contribution in [0.5, 0.6) is 5.75 Å². The SMILES string of the molecule is CNCC(=O)N1CCC(Cc2ccccc2OC)CC1.Cl. The molecule has 118 valence electrons. The number of hydrogen-bond acceptors (Lipinski definition) is 3. The van der Waals surface area contributed by atoms with Crippen LogP contribution in [0.3, 0.4) is 0 Å². The van der Waals surface area contributed by atoms with Crippen molar-refractivity contribution in [2.45, 2.75) is 19.3 Å². The summed E-state index contributed by atoms with van der Waals surface area (Å²) in [7, 11) is 3.53. The van der Waals surface area contributed by atoms with Crippen LogP contribution in [0, 0.1) is 5.92 Å². The van der Waals surface area contributed by atoms with Crippen molar-refractivity contribution in [3.63, 3.8) is 0 Å². The van der Waals surface area contributed by atoms with Crippen LogP contribution in [0.4, 0.5) is 0 Å². The summed E-state index contributed by atoms with van der Waals surface area (Å²) in [5.41, 5.74) is 1.27. The predicted octanol–water partition coefficient (Wildman–Crippen LogP) is 2.12. The van der Waals surface area contributed by atoms with Crippen LogP contribution in [0.2, 0.25) is 0 Å². The van der Waals surface area contributed by atoms with Crippen molar-refractivity contribution in [3.05, 3.63) is 29.8 Å². The minimum atomic E-state index is 0. The molecule has 1 fully saturated rings. The number of methoxy groups -OCH3 is 1. The number of nitrogens with one attached hydrogen (secondary N) is 1. The van der Waals surface area contributed by atoms with Crippen LogP contribution >= 0.6 is 12.4 Å². The van der Waals surface area contributed by atoms with Crippen molar-refractivity contribution in [3.8, 4) is 5.75 Å². The van der Waals surface area contributed by atoms with Crippen molar-refractivity contribution < 1.29 is 9.53 Å². The number of piperidine rings is 1. The lowest BCUT2D eigenvalue weighted by molar-refractivity contribution is -0.131. The second kappa shape index (κ2) is 8.90. The Morgan fingerprint density at radius 3 is 2.62 bits per heavy atom. The first-order valence-corrected chi connectivity index (χ1v) is 7.29. The number of likely N-dealkylation sites (tertiary alicyclic amines) is 1. The second-order valence-electron chi connectivity index (χ2n) is 5.37. The van der Waals surface area contributed by atoms with Crippen molar-refractivity contribution in [1.82, 2.24) is 10.2 Å². The summed E-state index contributed by atoms with van der Waals surface area (Å²) >= 11 is 0. The first-order valence-electron chi connectivity index (χ1n) is 7.29. The average Bonchev–Trinajstić information content (AvgIpc) is 2.49. The minimum Gasteiger partial charge on any atom is -0.496 e. The maximum atomic E-state index is 11.8. The standard InChI is InChI=1S/C16H24N2O2.ClH/c1-17-12-16(19)18-9-7-13(8-10-18)11-14-5-3-4-6-15(14)20-2;/h3-6,13,17H,7-12H2,1-2H3;1H. The molecule has 0 bridgehead atoms.